The minimum atomic E-state index is -3.63. The number of hydrogen-bond acceptors (Lipinski definition) is 7. The topological polar surface area (TPSA) is 111 Å². The number of nitrogens with zero attached hydrogens (tertiary/aromatic N) is 4. The molecule has 170 valence electrons. The molecule has 1 unspecified atom stereocenters. The lowest BCUT2D eigenvalue weighted by molar-refractivity contribution is -0.136. The maximum absolute atomic E-state index is 13.1. The Balaban J connectivity index is 1.65. The van der Waals surface area contributed by atoms with Crippen molar-refractivity contribution in [3.63, 3.8) is 0 Å². The van der Waals surface area contributed by atoms with Gasteiger partial charge < -0.3 is 14.4 Å². The molecule has 0 aromatic carbocycles. The molecule has 0 N–H and O–H groups in total. The number of carbonyl (C=O) groups is 1. The Bertz CT molecular complexity index is 941. The summed E-state index contributed by atoms with van der Waals surface area (Å²) < 4.78 is 41.1. The summed E-state index contributed by atoms with van der Waals surface area (Å²) >= 11 is 0. The lowest BCUT2D eigenvalue weighted by Crippen LogP contribution is -2.53. The first-order valence-electron chi connectivity index (χ1n) is 11.0. The number of aromatic nitrogens is 2. The van der Waals surface area contributed by atoms with Crippen LogP contribution in [0.2, 0.25) is 0 Å². The first-order chi connectivity index (χ1) is 14.8. The van der Waals surface area contributed by atoms with E-state index >= 15 is 0 Å². The largest absolute Gasteiger partial charge is 0.466 e. The second-order valence-corrected chi connectivity index (χ2v) is 10.9. The van der Waals surface area contributed by atoms with Crippen LogP contribution in [0.15, 0.2) is 16.8 Å². The van der Waals surface area contributed by atoms with Gasteiger partial charge in [0.2, 0.25) is 5.88 Å². The molecule has 1 saturated heterocycles. The van der Waals surface area contributed by atoms with Crippen LogP contribution in [0.25, 0.3) is 0 Å². The molecule has 31 heavy (non-hydrogen) atoms. The minimum absolute atomic E-state index is 0.0693. The Hall–Kier alpha value is -2.07. The molecule has 9 nitrogen and oxygen atoms in total. The molecule has 1 atom stereocenters. The molecule has 4 heterocycles. The lowest BCUT2D eigenvalue weighted by atomic mass is 9.85. The van der Waals surface area contributed by atoms with Crippen molar-refractivity contribution in [1.82, 2.24) is 14.9 Å². The fraction of sp³-hybridized carbons (Fsp3) is 0.714. The monoisotopic (exact) mass is 450 g/mol. The van der Waals surface area contributed by atoms with E-state index in [0.29, 0.717) is 31.0 Å². The van der Waals surface area contributed by atoms with Gasteiger partial charge in [-0.05, 0) is 52.4 Å². The summed E-state index contributed by atoms with van der Waals surface area (Å²) in [6.07, 6.45) is 8.04. The Kier molecular flexibility index (Phi) is 6.57. The minimum Gasteiger partial charge on any atom is -0.466 e. The Labute approximate surface area is 183 Å². The van der Waals surface area contributed by atoms with Gasteiger partial charge in [0.15, 0.2) is 6.61 Å². The van der Waals surface area contributed by atoms with E-state index in [0.717, 1.165) is 31.4 Å². The number of piperidine rings is 1. The molecule has 2 bridgehead atoms. The van der Waals surface area contributed by atoms with Crippen molar-refractivity contribution < 1.29 is 22.7 Å². The summed E-state index contributed by atoms with van der Waals surface area (Å²) in [5.41, 5.74) is 1.30. The van der Waals surface area contributed by atoms with Crippen molar-refractivity contribution in [2.45, 2.75) is 75.7 Å². The van der Waals surface area contributed by atoms with Crippen LogP contribution in [0.5, 0.6) is 5.88 Å². The summed E-state index contributed by atoms with van der Waals surface area (Å²) in [5.74, 6) is 0.408. The first-order valence-corrected chi connectivity index (χ1v) is 12.5. The maximum Gasteiger partial charge on any atom is 0.261 e. The van der Waals surface area contributed by atoms with Gasteiger partial charge in [-0.15, -0.1) is 0 Å². The highest BCUT2D eigenvalue weighted by atomic mass is 32.2. The zero-order chi connectivity index (χ0) is 22.0. The fourth-order valence-corrected chi connectivity index (χ4v) is 5.21. The molecule has 1 aromatic rings. The van der Waals surface area contributed by atoms with Crippen LogP contribution in [0.4, 0.5) is 0 Å². The van der Waals surface area contributed by atoms with Gasteiger partial charge in [-0.1, -0.05) is 0 Å². The van der Waals surface area contributed by atoms with Gasteiger partial charge in [0.1, 0.15) is 5.69 Å². The quantitative estimate of drug-likeness (QED) is 0.678. The van der Waals surface area contributed by atoms with E-state index < -0.39 is 21.3 Å². The van der Waals surface area contributed by atoms with E-state index in [1.807, 2.05) is 0 Å². The van der Waals surface area contributed by atoms with Crippen LogP contribution in [-0.4, -0.2) is 72.1 Å². The van der Waals surface area contributed by atoms with E-state index in [1.54, 1.807) is 31.1 Å². The van der Waals surface area contributed by atoms with Crippen LogP contribution in [-0.2, 0) is 19.6 Å². The van der Waals surface area contributed by atoms with Gasteiger partial charge in [0.25, 0.3) is 15.9 Å². The number of ether oxygens (including phenoxy) is 2. The number of rotatable bonds is 2. The standard InChI is InChI=1S/C21H30N4O5S/c1-14(2)31(27,28)24-17-4-3-11-25-18(17)12-29-16-7-5-15(6-8-16)20-21(23-10-9-22-20)30-13-19(25)26/h9-10,14-16,18H,3-8,11-13H2,1-2H3/b24-17+. The molecule has 1 amide bonds. The van der Waals surface area contributed by atoms with Crippen LogP contribution in [0.1, 0.15) is 64.0 Å². The molecule has 1 saturated carbocycles. The van der Waals surface area contributed by atoms with Gasteiger partial charge in [0, 0.05) is 24.9 Å². The van der Waals surface area contributed by atoms with Crippen molar-refractivity contribution in [2.75, 3.05) is 19.8 Å². The van der Waals surface area contributed by atoms with Gasteiger partial charge in [0.05, 0.1) is 29.7 Å². The van der Waals surface area contributed by atoms with Gasteiger partial charge >= 0.3 is 0 Å². The summed E-state index contributed by atoms with van der Waals surface area (Å²) in [4.78, 5) is 23.5. The number of fused-ring (bicyclic) bond motifs is 5. The van der Waals surface area contributed by atoms with E-state index in [-0.39, 0.29) is 31.1 Å². The van der Waals surface area contributed by atoms with Crippen molar-refractivity contribution >= 4 is 21.6 Å². The summed E-state index contributed by atoms with van der Waals surface area (Å²) in [5, 5.41) is -0.615. The van der Waals surface area contributed by atoms with E-state index in [9.17, 15) is 13.2 Å². The molecular weight excluding hydrogens is 420 g/mol. The van der Waals surface area contributed by atoms with E-state index in [4.69, 9.17) is 9.47 Å². The summed E-state index contributed by atoms with van der Waals surface area (Å²) in [6, 6.07) is -0.502. The molecule has 10 heteroatoms. The van der Waals surface area contributed by atoms with E-state index in [1.165, 1.54) is 0 Å². The lowest BCUT2D eigenvalue weighted by Gasteiger charge is -2.37. The number of hydrogen-bond donors (Lipinski definition) is 0. The third-order valence-corrected chi connectivity index (χ3v) is 8.01. The van der Waals surface area contributed by atoms with Gasteiger partial charge in [-0.3, -0.25) is 9.78 Å². The molecule has 0 spiro atoms. The highest BCUT2D eigenvalue weighted by molar-refractivity contribution is 7.90. The van der Waals surface area contributed by atoms with Crippen LogP contribution in [0, 0.1) is 0 Å². The van der Waals surface area contributed by atoms with Crippen molar-refractivity contribution in [1.29, 1.82) is 0 Å². The van der Waals surface area contributed by atoms with Gasteiger partial charge in [-0.25, -0.2) is 13.4 Å². The normalized spacial score (nSPS) is 28.9. The average Bonchev–Trinajstić information content (AvgIpc) is 2.77. The maximum atomic E-state index is 13.1. The predicted molar refractivity (Wildman–Crippen MR) is 115 cm³/mol. The first kappa shape index (κ1) is 22.1. The average molecular weight is 451 g/mol. The Morgan fingerprint density at radius 2 is 1.90 bits per heavy atom. The molecule has 5 rings (SSSR count). The second-order valence-electron chi connectivity index (χ2n) is 8.70. The van der Waals surface area contributed by atoms with Gasteiger partial charge in [-0.2, -0.15) is 4.40 Å². The zero-order valence-corrected chi connectivity index (χ0v) is 18.9. The molecule has 1 aromatic heterocycles. The molecule has 2 fully saturated rings. The van der Waals surface area contributed by atoms with E-state index in [2.05, 4.69) is 14.4 Å². The van der Waals surface area contributed by atoms with Crippen LogP contribution < -0.4 is 4.74 Å². The zero-order valence-electron chi connectivity index (χ0n) is 18.1. The Morgan fingerprint density at radius 3 is 2.65 bits per heavy atom. The highest BCUT2D eigenvalue weighted by Crippen LogP contribution is 2.36. The molecule has 1 aliphatic carbocycles. The van der Waals surface area contributed by atoms with Crippen molar-refractivity contribution in [2.24, 2.45) is 4.40 Å². The molecule has 0 radical (unpaired) electrons. The second kappa shape index (κ2) is 9.20. The SMILES string of the molecule is CC(C)S(=O)(=O)/N=C1\CCCN2C(=O)COc3nccnc3C3CCC(CC3)OCC12. The number of carbonyl (C=O) groups excluding carboxylic acids is 1. The third-order valence-electron chi connectivity index (χ3n) is 6.33. The van der Waals surface area contributed by atoms with Crippen molar-refractivity contribution in [3.05, 3.63) is 18.1 Å². The smallest absolute Gasteiger partial charge is 0.261 e. The van der Waals surface area contributed by atoms with Crippen LogP contribution in [0.3, 0.4) is 0 Å². The number of sulfonamides is 1. The van der Waals surface area contributed by atoms with Crippen molar-refractivity contribution in [3.8, 4) is 5.88 Å². The predicted octanol–water partition coefficient (Wildman–Crippen LogP) is 2.08. The summed E-state index contributed by atoms with van der Waals surface area (Å²) in [7, 11) is -3.63. The molecular formula is C21H30N4O5S. The summed E-state index contributed by atoms with van der Waals surface area (Å²) in [6.45, 7) is 3.80. The number of amides is 1. The highest BCUT2D eigenvalue weighted by Gasteiger charge is 2.36. The third kappa shape index (κ3) is 4.90. The fourth-order valence-electron chi connectivity index (χ4n) is 4.46. The Morgan fingerprint density at radius 1 is 1.16 bits per heavy atom. The molecule has 4 aliphatic rings. The molecule has 3 aliphatic heterocycles. The van der Waals surface area contributed by atoms with Crippen LogP contribution >= 0.6 is 0 Å².